The molecule has 1 atom stereocenters. The van der Waals surface area contributed by atoms with Crippen LogP contribution in [-0.2, 0) is 11.8 Å². The topological polar surface area (TPSA) is 96.3 Å². The minimum Gasteiger partial charge on any atom is -0.481 e. The van der Waals surface area contributed by atoms with Crippen molar-refractivity contribution in [3.05, 3.63) is 11.9 Å². The second-order valence-corrected chi connectivity index (χ2v) is 4.48. The molecule has 0 aliphatic heterocycles. The smallest absolute Gasteiger partial charge is 0.319 e. The molecule has 0 fully saturated rings. The van der Waals surface area contributed by atoms with Crippen LogP contribution < -0.4 is 10.6 Å². The third-order valence-corrected chi connectivity index (χ3v) is 2.66. The number of amides is 2. The molecule has 1 aromatic heterocycles. The third kappa shape index (κ3) is 4.99. The van der Waals surface area contributed by atoms with E-state index >= 15 is 0 Å². The minimum absolute atomic E-state index is 0.0761. The molecule has 106 valence electrons. The second kappa shape index (κ2) is 6.77. The van der Waals surface area contributed by atoms with E-state index in [-0.39, 0.29) is 12.5 Å². The fourth-order valence-electron chi connectivity index (χ4n) is 1.85. The van der Waals surface area contributed by atoms with E-state index in [0.29, 0.717) is 17.8 Å². The molecule has 7 heteroatoms. The highest BCUT2D eigenvalue weighted by Crippen LogP contribution is 2.11. The van der Waals surface area contributed by atoms with E-state index in [9.17, 15) is 9.59 Å². The van der Waals surface area contributed by atoms with Crippen LogP contribution in [0.15, 0.2) is 6.20 Å². The molecule has 19 heavy (non-hydrogen) atoms. The summed E-state index contributed by atoms with van der Waals surface area (Å²) in [6.07, 6.45) is 3.06. The quantitative estimate of drug-likeness (QED) is 0.728. The molecule has 3 N–H and O–H groups in total. The normalized spacial score (nSPS) is 11.9. The first kappa shape index (κ1) is 15.0. The van der Waals surface area contributed by atoms with Gasteiger partial charge in [-0.1, -0.05) is 13.3 Å². The van der Waals surface area contributed by atoms with Gasteiger partial charge in [0.05, 0.1) is 17.8 Å². The Labute approximate surface area is 112 Å². The minimum atomic E-state index is -0.920. The zero-order valence-electron chi connectivity index (χ0n) is 11.4. The van der Waals surface area contributed by atoms with E-state index in [2.05, 4.69) is 15.7 Å². The van der Waals surface area contributed by atoms with Crippen LogP contribution in [-0.4, -0.2) is 32.9 Å². The van der Waals surface area contributed by atoms with Gasteiger partial charge in [0.15, 0.2) is 0 Å². The second-order valence-electron chi connectivity index (χ2n) is 4.48. The summed E-state index contributed by atoms with van der Waals surface area (Å²) in [6.45, 7) is 3.73. The lowest BCUT2D eigenvalue weighted by atomic mass is 10.1. The Morgan fingerprint density at radius 2 is 2.21 bits per heavy atom. The molecule has 0 saturated heterocycles. The van der Waals surface area contributed by atoms with Crippen LogP contribution in [0.4, 0.5) is 10.5 Å². The van der Waals surface area contributed by atoms with Gasteiger partial charge >= 0.3 is 12.0 Å². The number of hydrogen-bond acceptors (Lipinski definition) is 3. The maximum Gasteiger partial charge on any atom is 0.319 e. The number of carboxylic acid groups (broad SMARTS) is 1. The summed E-state index contributed by atoms with van der Waals surface area (Å²) in [5.41, 5.74) is 1.33. The van der Waals surface area contributed by atoms with Crippen molar-refractivity contribution >= 4 is 17.7 Å². The van der Waals surface area contributed by atoms with E-state index < -0.39 is 12.0 Å². The highest BCUT2D eigenvalue weighted by Gasteiger charge is 2.16. The SMILES string of the molecule is CCCC(CC(=O)O)NC(=O)Nc1cn(C)nc1C. The fraction of sp³-hybridized carbons (Fsp3) is 0.583. The van der Waals surface area contributed by atoms with Crippen LogP contribution in [0, 0.1) is 6.92 Å². The van der Waals surface area contributed by atoms with Crippen molar-refractivity contribution in [1.82, 2.24) is 15.1 Å². The van der Waals surface area contributed by atoms with Gasteiger partial charge in [-0.25, -0.2) is 4.79 Å². The van der Waals surface area contributed by atoms with E-state index in [1.165, 1.54) is 0 Å². The summed E-state index contributed by atoms with van der Waals surface area (Å²) < 4.78 is 1.60. The summed E-state index contributed by atoms with van der Waals surface area (Å²) >= 11 is 0. The first-order chi connectivity index (χ1) is 8.92. The number of carbonyl (C=O) groups is 2. The van der Waals surface area contributed by atoms with E-state index in [4.69, 9.17) is 5.11 Å². The lowest BCUT2D eigenvalue weighted by Crippen LogP contribution is -2.39. The molecule has 1 unspecified atom stereocenters. The van der Waals surface area contributed by atoms with Crippen molar-refractivity contribution in [3.63, 3.8) is 0 Å². The first-order valence-corrected chi connectivity index (χ1v) is 6.22. The molecule has 2 amide bonds. The lowest BCUT2D eigenvalue weighted by molar-refractivity contribution is -0.137. The van der Waals surface area contributed by atoms with E-state index in [0.717, 1.165) is 6.42 Å². The lowest BCUT2D eigenvalue weighted by Gasteiger charge is -2.16. The van der Waals surface area contributed by atoms with Crippen molar-refractivity contribution in [1.29, 1.82) is 0 Å². The summed E-state index contributed by atoms with van der Waals surface area (Å²) in [5.74, 6) is -0.920. The average molecular weight is 268 g/mol. The summed E-state index contributed by atoms with van der Waals surface area (Å²) in [4.78, 5) is 22.5. The van der Waals surface area contributed by atoms with Gasteiger partial charge in [0.25, 0.3) is 0 Å². The molecule has 0 spiro atoms. The molecular weight excluding hydrogens is 248 g/mol. The Bertz CT molecular complexity index is 456. The van der Waals surface area contributed by atoms with Gasteiger partial charge in [-0.15, -0.1) is 0 Å². The van der Waals surface area contributed by atoms with E-state index in [1.807, 2.05) is 6.92 Å². The molecule has 0 aromatic carbocycles. The van der Waals surface area contributed by atoms with Crippen molar-refractivity contribution < 1.29 is 14.7 Å². The Hall–Kier alpha value is -2.05. The molecule has 0 radical (unpaired) electrons. The van der Waals surface area contributed by atoms with Crippen molar-refractivity contribution in [2.45, 2.75) is 39.2 Å². The summed E-state index contributed by atoms with van der Waals surface area (Å²) in [6, 6.07) is -0.768. The number of nitrogens with one attached hydrogen (secondary N) is 2. The van der Waals surface area contributed by atoms with Crippen molar-refractivity contribution in [3.8, 4) is 0 Å². The first-order valence-electron chi connectivity index (χ1n) is 6.22. The number of aliphatic carboxylic acids is 1. The van der Waals surface area contributed by atoms with Crippen LogP contribution in [0.2, 0.25) is 0 Å². The van der Waals surface area contributed by atoms with Crippen molar-refractivity contribution in [2.24, 2.45) is 7.05 Å². The fourth-order valence-corrected chi connectivity index (χ4v) is 1.85. The molecule has 0 aliphatic carbocycles. The zero-order valence-corrected chi connectivity index (χ0v) is 11.4. The predicted molar refractivity (Wildman–Crippen MR) is 71.0 cm³/mol. The van der Waals surface area contributed by atoms with Crippen LogP contribution in [0.3, 0.4) is 0 Å². The Kier molecular flexibility index (Phi) is 5.35. The molecule has 0 saturated carbocycles. The Morgan fingerprint density at radius 1 is 1.53 bits per heavy atom. The van der Waals surface area contributed by atoms with Crippen LogP contribution in [0.25, 0.3) is 0 Å². The van der Waals surface area contributed by atoms with Gasteiger partial charge in [-0.2, -0.15) is 5.10 Å². The molecular formula is C12H20N4O3. The standard InChI is InChI=1S/C12H20N4O3/c1-4-5-9(6-11(17)18)13-12(19)14-10-7-16(3)15-8(10)2/h7,9H,4-6H2,1-3H3,(H,17,18)(H2,13,14,19). The highest BCUT2D eigenvalue weighted by atomic mass is 16.4. The van der Waals surface area contributed by atoms with Gasteiger partial charge in [0.2, 0.25) is 0 Å². The Balaban J connectivity index is 2.57. The van der Waals surface area contributed by atoms with Crippen LogP contribution in [0.5, 0.6) is 0 Å². The number of aryl methyl sites for hydroxylation is 2. The molecule has 0 bridgehead atoms. The zero-order chi connectivity index (χ0) is 14.4. The van der Waals surface area contributed by atoms with Crippen LogP contribution >= 0.6 is 0 Å². The molecule has 1 aromatic rings. The van der Waals surface area contributed by atoms with E-state index in [1.54, 1.807) is 24.9 Å². The average Bonchev–Trinajstić information content (AvgIpc) is 2.56. The van der Waals surface area contributed by atoms with Gasteiger partial charge in [-0.05, 0) is 13.3 Å². The third-order valence-electron chi connectivity index (χ3n) is 2.66. The predicted octanol–water partition coefficient (Wildman–Crippen LogP) is 1.49. The van der Waals surface area contributed by atoms with Gasteiger partial charge < -0.3 is 15.7 Å². The van der Waals surface area contributed by atoms with Crippen molar-refractivity contribution in [2.75, 3.05) is 5.32 Å². The number of urea groups is 1. The number of carboxylic acids is 1. The maximum absolute atomic E-state index is 11.8. The number of anilines is 1. The number of carbonyl (C=O) groups excluding carboxylic acids is 1. The molecule has 1 rings (SSSR count). The molecule has 0 aliphatic rings. The largest absolute Gasteiger partial charge is 0.481 e. The summed E-state index contributed by atoms with van der Waals surface area (Å²) in [7, 11) is 1.76. The Morgan fingerprint density at radius 3 is 2.68 bits per heavy atom. The monoisotopic (exact) mass is 268 g/mol. The maximum atomic E-state index is 11.8. The summed E-state index contributed by atoms with van der Waals surface area (Å²) in [5, 5.41) is 18.2. The number of nitrogens with zero attached hydrogens (tertiary/aromatic N) is 2. The molecule has 1 heterocycles. The van der Waals surface area contributed by atoms with Gasteiger partial charge in [0, 0.05) is 19.3 Å². The number of aromatic nitrogens is 2. The molecule has 7 nitrogen and oxygen atoms in total. The number of rotatable bonds is 6. The van der Waals surface area contributed by atoms with Crippen LogP contribution in [0.1, 0.15) is 31.9 Å². The van der Waals surface area contributed by atoms with Gasteiger partial charge in [-0.3, -0.25) is 9.48 Å². The number of hydrogen-bond donors (Lipinski definition) is 3. The van der Waals surface area contributed by atoms with Gasteiger partial charge in [0.1, 0.15) is 0 Å². The highest BCUT2D eigenvalue weighted by molar-refractivity contribution is 5.90.